The van der Waals surface area contributed by atoms with Crippen molar-refractivity contribution in [3.63, 3.8) is 0 Å². The van der Waals surface area contributed by atoms with Crippen LogP contribution < -0.4 is 10.6 Å². The Labute approximate surface area is 117 Å². The molecule has 19 heavy (non-hydrogen) atoms. The highest BCUT2D eigenvalue weighted by atomic mass is 16.6. The molecule has 0 heterocycles. The Bertz CT molecular complexity index is 270. The molecule has 0 aromatic rings. The number of amides is 1. The van der Waals surface area contributed by atoms with E-state index in [1.807, 2.05) is 27.7 Å². The van der Waals surface area contributed by atoms with E-state index in [-0.39, 0.29) is 0 Å². The Balaban J connectivity index is 3.68. The summed E-state index contributed by atoms with van der Waals surface area (Å²) in [4.78, 5) is 11.4. The molecule has 5 heteroatoms. The highest BCUT2D eigenvalue weighted by molar-refractivity contribution is 5.67. The minimum atomic E-state index is -0.708. The fraction of sp³-hybridized carbons (Fsp3) is 0.929. The third-order valence-electron chi connectivity index (χ3n) is 2.32. The van der Waals surface area contributed by atoms with Gasteiger partial charge in [-0.15, -0.1) is 0 Å². The zero-order valence-corrected chi connectivity index (χ0v) is 13.2. The summed E-state index contributed by atoms with van der Waals surface area (Å²) in [5.74, 6) is 0.455. The van der Waals surface area contributed by atoms with E-state index >= 15 is 0 Å². The second kappa shape index (κ2) is 7.70. The van der Waals surface area contributed by atoms with E-state index in [0.717, 1.165) is 6.42 Å². The van der Waals surface area contributed by atoms with E-state index in [4.69, 9.17) is 4.74 Å². The number of rotatable bonds is 7. The zero-order valence-electron chi connectivity index (χ0n) is 13.2. The Morgan fingerprint density at radius 3 is 2.26 bits per heavy atom. The predicted molar refractivity (Wildman–Crippen MR) is 77.2 cm³/mol. The van der Waals surface area contributed by atoms with Gasteiger partial charge in [0.2, 0.25) is 0 Å². The first-order valence-corrected chi connectivity index (χ1v) is 6.92. The number of nitrogens with one attached hydrogen (secondary N) is 2. The van der Waals surface area contributed by atoms with Gasteiger partial charge in [0.05, 0.1) is 5.60 Å². The summed E-state index contributed by atoms with van der Waals surface area (Å²) in [5, 5.41) is 15.9. The number of ether oxygens (including phenoxy) is 1. The fourth-order valence-corrected chi connectivity index (χ4v) is 1.88. The van der Waals surface area contributed by atoms with Crippen LogP contribution >= 0.6 is 0 Å². The molecule has 0 aromatic heterocycles. The monoisotopic (exact) mass is 274 g/mol. The fourth-order valence-electron chi connectivity index (χ4n) is 1.88. The van der Waals surface area contributed by atoms with Crippen molar-refractivity contribution in [2.75, 3.05) is 19.6 Å². The van der Waals surface area contributed by atoms with Crippen LogP contribution in [0.3, 0.4) is 0 Å². The number of carbonyl (C=O) groups excluding carboxylic acids is 1. The van der Waals surface area contributed by atoms with Gasteiger partial charge in [0.15, 0.2) is 0 Å². The standard InChI is InChI=1S/C14H30N2O3/c1-11(2)9-14(6,18)10-15-7-8-16-12(17)19-13(3,4)5/h11,15,18H,7-10H2,1-6H3,(H,16,17). The molecule has 1 amide bonds. The van der Waals surface area contributed by atoms with E-state index in [1.165, 1.54) is 0 Å². The SMILES string of the molecule is CC(C)CC(C)(O)CNCCNC(=O)OC(C)(C)C. The molecule has 0 aliphatic rings. The summed E-state index contributed by atoms with van der Waals surface area (Å²) in [7, 11) is 0. The van der Waals surface area contributed by atoms with Gasteiger partial charge in [-0.2, -0.15) is 0 Å². The smallest absolute Gasteiger partial charge is 0.407 e. The molecule has 3 N–H and O–H groups in total. The maximum absolute atomic E-state index is 11.4. The highest BCUT2D eigenvalue weighted by Gasteiger charge is 2.21. The number of alkyl carbamates (subject to hydrolysis) is 1. The third kappa shape index (κ3) is 12.0. The first-order valence-electron chi connectivity index (χ1n) is 6.92. The Hall–Kier alpha value is -0.810. The molecule has 1 unspecified atom stereocenters. The van der Waals surface area contributed by atoms with Crippen LogP contribution in [0.1, 0.15) is 48.0 Å². The molecule has 0 fully saturated rings. The van der Waals surface area contributed by atoms with Crippen LogP contribution in [0.25, 0.3) is 0 Å². The van der Waals surface area contributed by atoms with E-state index in [9.17, 15) is 9.90 Å². The average Bonchev–Trinajstić information content (AvgIpc) is 2.11. The van der Waals surface area contributed by atoms with E-state index in [1.54, 1.807) is 0 Å². The second-order valence-corrected chi connectivity index (χ2v) is 6.70. The first kappa shape index (κ1) is 18.2. The van der Waals surface area contributed by atoms with Crippen LogP contribution in [-0.4, -0.2) is 42.0 Å². The van der Waals surface area contributed by atoms with Gasteiger partial charge in [-0.25, -0.2) is 4.79 Å². The van der Waals surface area contributed by atoms with Gasteiger partial charge in [-0.05, 0) is 40.0 Å². The van der Waals surface area contributed by atoms with Crippen LogP contribution in [0.5, 0.6) is 0 Å². The lowest BCUT2D eigenvalue weighted by molar-refractivity contribution is 0.0386. The summed E-state index contributed by atoms with van der Waals surface area (Å²) < 4.78 is 5.11. The Kier molecular flexibility index (Phi) is 7.37. The van der Waals surface area contributed by atoms with Crippen molar-refractivity contribution < 1.29 is 14.6 Å². The zero-order chi connectivity index (χ0) is 15.1. The van der Waals surface area contributed by atoms with Gasteiger partial charge in [-0.3, -0.25) is 0 Å². The lowest BCUT2D eigenvalue weighted by Crippen LogP contribution is -2.42. The molecule has 0 bridgehead atoms. The van der Waals surface area contributed by atoms with Crippen molar-refractivity contribution in [1.29, 1.82) is 0 Å². The molecule has 0 saturated carbocycles. The Morgan fingerprint density at radius 2 is 1.79 bits per heavy atom. The average molecular weight is 274 g/mol. The van der Waals surface area contributed by atoms with Crippen molar-refractivity contribution in [3.8, 4) is 0 Å². The number of hydrogen-bond donors (Lipinski definition) is 3. The summed E-state index contributed by atoms with van der Waals surface area (Å²) in [6, 6.07) is 0. The lowest BCUT2D eigenvalue weighted by atomic mass is 9.94. The van der Waals surface area contributed by atoms with Crippen molar-refractivity contribution in [2.24, 2.45) is 5.92 Å². The van der Waals surface area contributed by atoms with Crippen LogP contribution in [0.4, 0.5) is 4.79 Å². The maximum Gasteiger partial charge on any atom is 0.407 e. The molecule has 0 spiro atoms. The van der Waals surface area contributed by atoms with E-state index < -0.39 is 17.3 Å². The van der Waals surface area contributed by atoms with Crippen LogP contribution in [0.2, 0.25) is 0 Å². The van der Waals surface area contributed by atoms with Gasteiger partial charge in [0.1, 0.15) is 5.60 Å². The van der Waals surface area contributed by atoms with Crippen LogP contribution in [-0.2, 0) is 4.74 Å². The van der Waals surface area contributed by atoms with Gasteiger partial charge in [-0.1, -0.05) is 13.8 Å². The van der Waals surface area contributed by atoms with Gasteiger partial charge < -0.3 is 20.5 Å². The van der Waals surface area contributed by atoms with Crippen LogP contribution in [0, 0.1) is 5.92 Å². The van der Waals surface area contributed by atoms with Gasteiger partial charge >= 0.3 is 6.09 Å². The number of carbonyl (C=O) groups is 1. The molecule has 0 aromatic carbocycles. The van der Waals surface area contributed by atoms with Crippen molar-refractivity contribution >= 4 is 6.09 Å². The molecule has 0 rings (SSSR count). The van der Waals surface area contributed by atoms with Crippen molar-refractivity contribution in [1.82, 2.24) is 10.6 Å². The lowest BCUT2D eigenvalue weighted by Gasteiger charge is -2.25. The van der Waals surface area contributed by atoms with Crippen molar-refractivity contribution in [2.45, 2.75) is 59.2 Å². The summed E-state index contributed by atoms with van der Waals surface area (Å²) >= 11 is 0. The molecule has 0 radical (unpaired) electrons. The Morgan fingerprint density at radius 1 is 1.21 bits per heavy atom. The molecule has 1 atom stereocenters. The number of aliphatic hydroxyl groups is 1. The number of hydrogen-bond acceptors (Lipinski definition) is 4. The van der Waals surface area contributed by atoms with Crippen molar-refractivity contribution in [3.05, 3.63) is 0 Å². The molecular formula is C14H30N2O3. The minimum Gasteiger partial charge on any atom is -0.444 e. The minimum absolute atomic E-state index is 0.414. The molecule has 114 valence electrons. The summed E-state index contributed by atoms with van der Waals surface area (Å²) in [5.41, 5.74) is -1.18. The molecule has 0 saturated heterocycles. The quantitative estimate of drug-likeness (QED) is 0.620. The van der Waals surface area contributed by atoms with Crippen LogP contribution in [0.15, 0.2) is 0 Å². The first-order chi connectivity index (χ1) is 8.52. The van der Waals surface area contributed by atoms with E-state index in [2.05, 4.69) is 24.5 Å². The van der Waals surface area contributed by atoms with Gasteiger partial charge in [0, 0.05) is 19.6 Å². The van der Waals surface area contributed by atoms with Gasteiger partial charge in [0.25, 0.3) is 0 Å². The summed E-state index contributed by atoms with van der Waals surface area (Å²) in [6.45, 7) is 13.1. The normalized spacial score (nSPS) is 15.2. The maximum atomic E-state index is 11.4. The molecular weight excluding hydrogens is 244 g/mol. The summed E-state index contributed by atoms with van der Waals surface area (Å²) in [6.07, 6.45) is 0.336. The molecule has 0 aliphatic carbocycles. The largest absolute Gasteiger partial charge is 0.444 e. The predicted octanol–water partition coefficient (Wildman–Crippen LogP) is 1.90. The second-order valence-electron chi connectivity index (χ2n) is 6.70. The highest BCUT2D eigenvalue weighted by Crippen LogP contribution is 2.14. The molecule has 5 nitrogen and oxygen atoms in total. The molecule has 0 aliphatic heterocycles. The topological polar surface area (TPSA) is 70.6 Å². The van der Waals surface area contributed by atoms with E-state index in [0.29, 0.717) is 25.6 Å². The third-order valence-corrected chi connectivity index (χ3v) is 2.32.